The van der Waals surface area contributed by atoms with E-state index >= 15 is 0 Å². The molecule has 0 spiro atoms. The Morgan fingerprint density at radius 2 is 2.38 bits per heavy atom. The van der Waals surface area contributed by atoms with Gasteiger partial charge in [-0.05, 0) is 12.5 Å². The van der Waals surface area contributed by atoms with Crippen LogP contribution in [0.15, 0.2) is 18.5 Å². The van der Waals surface area contributed by atoms with Crippen molar-refractivity contribution >= 4 is 0 Å². The van der Waals surface area contributed by atoms with Crippen LogP contribution in [-0.2, 0) is 17.7 Å². The normalized spacial score (nSPS) is 20.0. The number of ether oxygens (including phenoxy) is 1. The lowest BCUT2D eigenvalue weighted by Gasteiger charge is -2.31. The van der Waals surface area contributed by atoms with Crippen molar-refractivity contribution in [3.05, 3.63) is 30.1 Å². The molecule has 1 N–H and O–H groups in total. The maximum absolute atomic E-state index is 5.81. The average molecular weight is 290 g/mol. The smallest absolute Gasteiger partial charge is 0.180 e. The zero-order valence-corrected chi connectivity index (χ0v) is 12.4. The Labute approximate surface area is 124 Å². The third kappa shape index (κ3) is 3.68. The SMILES string of the molecule is CCCc1nc([C@H]2CN(CCn3cccn3)CCO2)n[nH]1. The summed E-state index contributed by atoms with van der Waals surface area (Å²) in [6.45, 7) is 6.51. The van der Waals surface area contributed by atoms with E-state index in [0.717, 1.165) is 57.3 Å². The lowest BCUT2D eigenvalue weighted by Crippen LogP contribution is -2.40. The van der Waals surface area contributed by atoms with Gasteiger partial charge in [-0.1, -0.05) is 6.92 Å². The van der Waals surface area contributed by atoms with Crippen LogP contribution >= 0.6 is 0 Å². The van der Waals surface area contributed by atoms with Gasteiger partial charge in [-0.2, -0.15) is 10.2 Å². The lowest BCUT2D eigenvalue weighted by atomic mass is 10.2. The van der Waals surface area contributed by atoms with Crippen molar-refractivity contribution in [1.82, 2.24) is 29.9 Å². The van der Waals surface area contributed by atoms with Crippen molar-refractivity contribution in [2.45, 2.75) is 32.4 Å². The zero-order valence-electron chi connectivity index (χ0n) is 12.4. The molecule has 0 aliphatic carbocycles. The molecule has 1 aliphatic heterocycles. The van der Waals surface area contributed by atoms with Crippen LogP contribution in [0.2, 0.25) is 0 Å². The molecule has 2 aromatic rings. The minimum atomic E-state index is -0.0294. The van der Waals surface area contributed by atoms with Gasteiger partial charge < -0.3 is 4.74 Å². The van der Waals surface area contributed by atoms with Gasteiger partial charge in [-0.25, -0.2) is 4.98 Å². The highest BCUT2D eigenvalue weighted by atomic mass is 16.5. The van der Waals surface area contributed by atoms with Crippen molar-refractivity contribution in [3.63, 3.8) is 0 Å². The van der Waals surface area contributed by atoms with Gasteiger partial charge in [0.25, 0.3) is 0 Å². The van der Waals surface area contributed by atoms with Crippen LogP contribution in [-0.4, -0.2) is 56.1 Å². The van der Waals surface area contributed by atoms with Gasteiger partial charge in [-0.3, -0.25) is 14.7 Å². The molecule has 0 unspecified atom stereocenters. The molecule has 7 nitrogen and oxygen atoms in total. The predicted molar refractivity (Wildman–Crippen MR) is 77.7 cm³/mol. The second kappa shape index (κ2) is 6.82. The number of morpholine rings is 1. The largest absolute Gasteiger partial charge is 0.367 e. The monoisotopic (exact) mass is 290 g/mol. The fourth-order valence-corrected chi connectivity index (χ4v) is 2.54. The molecular weight excluding hydrogens is 268 g/mol. The Kier molecular flexibility index (Phi) is 4.62. The van der Waals surface area contributed by atoms with Crippen LogP contribution < -0.4 is 0 Å². The van der Waals surface area contributed by atoms with Gasteiger partial charge in [0, 0.05) is 38.4 Å². The molecule has 0 amide bonds. The van der Waals surface area contributed by atoms with Gasteiger partial charge in [0.2, 0.25) is 0 Å². The Morgan fingerprint density at radius 1 is 1.43 bits per heavy atom. The van der Waals surface area contributed by atoms with Crippen molar-refractivity contribution in [1.29, 1.82) is 0 Å². The zero-order chi connectivity index (χ0) is 14.5. The molecule has 0 aromatic carbocycles. The number of hydrogen-bond donors (Lipinski definition) is 1. The van der Waals surface area contributed by atoms with Crippen LogP contribution in [0.3, 0.4) is 0 Å². The fourth-order valence-electron chi connectivity index (χ4n) is 2.54. The Balaban J connectivity index is 1.54. The van der Waals surface area contributed by atoms with Crippen molar-refractivity contribution in [2.24, 2.45) is 0 Å². The summed E-state index contributed by atoms with van der Waals surface area (Å²) in [7, 11) is 0. The number of rotatable bonds is 6. The molecule has 1 fully saturated rings. The molecule has 3 rings (SSSR count). The fraction of sp³-hybridized carbons (Fsp3) is 0.643. The molecule has 2 aromatic heterocycles. The number of aryl methyl sites for hydroxylation is 1. The topological polar surface area (TPSA) is 71.9 Å². The first-order valence-corrected chi connectivity index (χ1v) is 7.57. The molecular formula is C14H22N6O. The minimum Gasteiger partial charge on any atom is -0.367 e. The van der Waals surface area contributed by atoms with E-state index in [9.17, 15) is 0 Å². The number of H-pyrrole nitrogens is 1. The summed E-state index contributed by atoms with van der Waals surface area (Å²) < 4.78 is 7.77. The van der Waals surface area contributed by atoms with Crippen LogP contribution in [0.25, 0.3) is 0 Å². The van der Waals surface area contributed by atoms with E-state index in [0.29, 0.717) is 0 Å². The van der Waals surface area contributed by atoms with E-state index in [2.05, 4.69) is 32.1 Å². The van der Waals surface area contributed by atoms with Crippen LogP contribution in [0.4, 0.5) is 0 Å². The van der Waals surface area contributed by atoms with Gasteiger partial charge in [-0.15, -0.1) is 0 Å². The van der Waals surface area contributed by atoms with Crippen molar-refractivity contribution in [3.8, 4) is 0 Å². The number of nitrogens with one attached hydrogen (secondary N) is 1. The summed E-state index contributed by atoms with van der Waals surface area (Å²) in [4.78, 5) is 6.91. The number of nitrogens with zero attached hydrogens (tertiary/aromatic N) is 5. The molecule has 114 valence electrons. The first-order valence-electron chi connectivity index (χ1n) is 7.57. The average Bonchev–Trinajstić information content (AvgIpc) is 3.17. The predicted octanol–water partition coefficient (Wildman–Crippen LogP) is 1.03. The van der Waals surface area contributed by atoms with E-state index in [4.69, 9.17) is 4.74 Å². The lowest BCUT2D eigenvalue weighted by molar-refractivity contribution is -0.0352. The molecule has 0 bridgehead atoms. The summed E-state index contributed by atoms with van der Waals surface area (Å²) in [5.41, 5.74) is 0. The first-order chi connectivity index (χ1) is 10.3. The van der Waals surface area contributed by atoms with Crippen LogP contribution in [0.1, 0.15) is 31.1 Å². The summed E-state index contributed by atoms with van der Waals surface area (Å²) in [5.74, 6) is 1.73. The van der Waals surface area contributed by atoms with Crippen molar-refractivity contribution in [2.75, 3.05) is 26.2 Å². The third-order valence-corrected chi connectivity index (χ3v) is 3.68. The molecule has 3 heterocycles. The molecule has 0 saturated carbocycles. The number of aromatic amines is 1. The number of aromatic nitrogens is 5. The summed E-state index contributed by atoms with van der Waals surface area (Å²) >= 11 is 0. The Bertz CT molecular complexity index is 537. The van der Waals surface area contributed by atoms with Crippen molar-refractivity contribution < 1.29 is 4.74 Å². The van der Waals surface area contributed by atoms with Gasteiger partial charge in [0.05, 0.1) is 13.2 Å². The first kappa shape index (κ1) is 14.2. The standard InChI is InChI=1S/C14H22N6O/c1-2-4-13-16-14(18-17-13)12-11-19(9-10-21-12)7-8-20-6-3-5-15-20/h3,5-6,12H,2,4,7-11H2,1H3,(H,16,17,18)/t12-/m1/s1. The molecule has 7 heteroatoms. The Morgan fingerprint density at radius 3 is 3.19 bits per heavy atom. The van der Waals surface area contributed by atoms with Gasteiger partial charge in [0.15, 0.2) is 5.82 Å². The van der Waals surface area contributed by atoms with E-state index in [-0.39, 0.29) is 6.10 Å². The van der Waals surface area contributed by atoms with E-state index in [1.165, 1.54) is 0 Å². The molecule has 0 radical (unpaired) electrons. The van der Waals surface area contributed by atoms with Gasteiger partial charge in [0.1, 0.15) is 11.9 Å². The molecule has 1 saturated heterocycles. The molecule has 21 heavy (non-hydrogen) atoms. The van der Waals surface area contributed by atoms with Crippen LogP contribution in [0, 0.1) is 0 Å². The third-order valence-electron chi connectivity index (χ3n) is 3.68. The molecule has 1 aliphatic rings. The molecule has 1 atom stereocenters. The highest BCUT2D eigenvalue weighted by Gasteiger charge is 2.25. The highest BCUT2D eigenvalue weighted by Crippen LogP contribution is 2.19. The second-order valence-electron chi connectivity index (χ2n) is 5.32. The van der Waals surface area contributed by atoms with E-state index in [1.54, 1.807) is 0 Å². The second-order valence-corrected chi connectivity index (χ2v) is 5.32. The summed E-state index contributed by atoms with van der Waals surface area (Å²) in [5, 5.41) is 11.5. The van der Waals surface area contributed by atoms with Crippen LogP contribution in [0.5, 0.6) is 0 Å². The minimum absolute atomic E-state index is 0.0294. The number of hydrogen-bond acceptors (Lipinski definition) is 5. The summed E-state index contributed by atoms with van der Waals surface area (Å²) in [6.07, 6.45) is 5.77. The highest BCUT2D eigenvalue weighted by molar-refractivity contribution is 4.96. The van der Waals surface area contributed by atoms with E-state index < -0.39 is 0 Å². The quantitative estimate of drug-likeness (QED) is 0.860. The maximum Gasteiger partial charge on any atom is 0.180 e. The van der Waals surface area contributed by atoms with E-state index in [1.807, 2.05) is 23.1 Å². The van der Waals surface area contributed by atoms with Gasteiger partial charge >= 0.3 is 0 Å². The summed E-state index contributed by atoms with van der Waals surface area (Å²) in [6, 6.07) is 1.95. The maximum atomic E-state index is 5.81. The Hall–Kier alpha value is -1.73.